The number of fused-ring (bicyclic) bond motifs is 1. The molecule has 0 atom stereocenters. The number of benzene rings is 1. The lowest BCUT2D eigenvalue weighted by atomic mass is 10.2. The quantitative estimate of drug-likeness (QED) is 0.663. The largest absolute Gasteiger partial charge is 0.405 e. The van der Waals surface area contributed by atoms with Crippen molar-refractivity contribution in [3.63, 3.8) is 0 Å². The monoisotopic (exact) mass is 435 g/mol. The van der Waals surface area contributed by atoms with Gasteiger partial charge >= 0.3 is 6.18 Å². The van der Waals surface area contributed by atoms with Crippen LogP contribution in [0.15, 0.2) is 36.7 Å². The van der Waals surface area contributed by atoms with E-state index in [0.29, 0.717) is 24.5 Å². The van der Waals surface area contributed by atoms with Crippen molar-refractivity contribution in [2.75, 3.05) is 25.2 Å². The fraction of sp³-hybridized carbons (Fsp3) is 0.444. The molecular weight excluding hydrogens is 415 g/mol. The number of nitrogens with zero attached hydrogens (tertiary/aromatic N) is 3. The Morgan fingerprint density at radius 1 is 1.14 bits per heavy atom. The van der Waals surface area contributed by atoms with E-state index in [2.05, 4.69) is 0 Å². The Balaban J connectivity index is 1.78. The molecule has 0 saturated heterocycles. The SMILES string of the molecule is CS(=O)(=O)CCCn1c(CN2C=CN(CC(F)(F)F)C2)cc2cc(Cl)ccc21. The zero-order valence-electron chi connectivity index (χ0n) is 15.3. The molecule has 0 unspecified atom stereocenters. The topological polar surface area (TPSA) is 45.6 Å². The van der Waals surface area contributed by atoms with Crippen molar-refractivity contribution in [2.45, 2.75) is 25.7 Å². The lowest BCUT2D eigenvalue weighted by Gasteiger charge is -2.23. The molecule has 1 aliphatic rings. The fourth-order valence-corrected chi connectivity index (χ4v) is 4.17. The molecule has 0 aliphatic carbocycles. The molecule has 0 amide bonds. The molecule has 5 nitrogen and oxygen atoms in total. The summed E-state index contributed by atoms with van der Waals surface area (Å²) in [5.74, 6) is 0.0721. The minimum absolute atomic E-state index is 0.0721. The van der Waals surface area contributed by atoms with Crippen molar-refractivity contribution in [3.8, 4) is 0 Å². The molecule has 2 heterocycles. The van der Waals surface area contributed by atoms with Crippen LogP contribution in [0, 0.1) is 0 Å². The van der Waals surface area contributed by atoms with Crippen molar-refractivity contribution in [2.24, 2.45) is 0 Å². The summed E-state index contributed by atoms with van der Waals surface area (Å²) in [5, 5.41) is 1.50. The maximum Gasteiger partial charge on any atom is 0.405 e. The van der Waals surface area contributed by atoms with Gasteiger partial charge in [-0.3, -0.25) is 0 Å². The van der Waals surface area contributed by atoms with Gasteiger partial charge in [0, 0.05) is 46.8 Å². The molecule has 3 rings (SSSR count). The van der Waals surface area contributed by atoms with E-state index in [0.717, 1.165) is 16.6 Å². The summed E-state index contributed by atoms with van der Waals surface area (Å²) in [6.45, 7) is 0.0610. The van der Waals surface area contributed by atoms with Crippen molar-refractivity contribution in [1.29, 1.82) is 0 Å². The summed E-state index contributed by atoms with van der Waals surface area (Å²) in [6.07, 6.45) is 0.468. The van der Waals surface area contributed by atoms with Crippen LogP contribution in [0.5, 0.6) is 0 Å². The Morgan fingerprint density at radius 3 is 2.54 bits per heavy atom. The second-order valence-electron chi connectivity index (χ2n) is 7.02. The van der Waals surface area contributed by atoms with E-state index in [4.69, 9.17) is 11.6 Å². The normalized spacial score (nSPS) is 15.2. The lowest BCUT2D eigenvalue weighted by Crippen LogP contribution is -2.33. The third-order valence-electron chi connectivity index (χ3n) is 4.45. The van der Waals surface area contributed by atoms with Crippen LogP contribution < -0.4 is 0 Å². The highest BCUT2D eigenvalue weighted by atomic mass is 35.5. The van der Waals surface area contributed by atoms with E-state index in [-0.39, 0.29) is 12.4 Å². The van der Waals surface area contributed by atoms with Gasteiger partial charge in [0.1, 0.15) is 16.4 Å². The van der Waals surface area contributed by atoms with Crippen molar-refractivity contribution < 1.29 is 21.6 Å². The first-order valence-corrected chi connectivity index (χ1v) is 11.1. The molecule has 1 aliphatic heterocycles. The standard InChI is InChI=1S/C18H21ClF3N3O2S/c1-28(26,27)8-2-5-25-16(10-14-9-15(19)3-4-17(14)25)11-23-6-7-24(13-23)12-18(20,21)22/h3-4,6-7,9-10H,2,5,8,11-13H2,1H3. The number of sulfone groups is 1. The zero-order valence-corrected chi connectivity index (χ0v) is 16.9. The van der Waals surface area contributed by atoms with E-state index < -0.39 is 22.6 Å². The van der Waals surface area contributed by atoms with Crippen molar-refractivity contribution >= 4 is 32.3 Å². The first-order chi connectivity index (χ1) is 13.0. The van der Waals surface area contributed by atoms with Gasteiger partial charge in [-0.15, -0.1) is 0 Å². The molecule has 0 radical (unpaired) electrons. The van der Waals surface area contributed by atoms with Gasteiger partial charge in [0.2, 0.25) is 0 Å². The number of aromatic nitrogens is 1. The lowest BCUT2D eigenvalue weighted by molar-refractivity contribution is -0.141. The van der Waals surface area contributed by atoms with Crippen LogP contribution in [-0.2, 0) is 22.9 Å². The third-order valence-corrected chi connectivity index (χ3v) is 5.71. The van der Waals surface area contributed by atoms with Gasteiger partial charge in [0.05, 0.1) is 19.0 Å². The number of halogens is 4. The summed E-state index contributed by atoms with van der Waals surface area (Å²) in [7, 11) is -3.07. The first-order valence-electron chi connectivity index (χ1n) is 8.69. The average molecular weight is 436 g/mol. The van der Waals surface area contributed by atoms with Crippen LogP contribution in [-0.4, -0.2) is 54.2 Å². The highest BCUT2D eigenvalue weighted by molar-refractivity contribution is 7.90. The van der Waals surface area contributed by atoms with Crippen LogP contribution in [0.4, 0.5) is 13.2 Å². The van der Waals surface area contributed by atoms with Crippen molar-refractivity contribution in [3.05, 3.63) is 47.4 Å². The molecule has 0 N–H and O–H groups in total. The van der Waals surface area contributed by atoms with Crippen LogP contribution in [0.25, 0.3) is 10.9 Å². The minimum atomic E-state index is -4.25. The molecule has 0 fully saturated rings. The van der Waals surface area contributed by atoms with Crippen LogP contribution in [0.2, 0.25) is 5.02 Å². The predicted molar refractivity (Wildman–Crippen MR) is 104 cm³/mol. The zero-order chi connectivity index (χ0) is 20.5. The molecule has 1 aromatic carbocycles. The van der Waals surface area contributed by atoms with Gasteiger partial charge in [-0.05, 0) is 30.7 Å². The first kappa shape index (κ1) is 20.9. The summed E-state index contributed by atoms with van der Waals surface area (Å²) in [5.41, 5.74) is 1.81. The van der Waals surface area contributed by atoms with Gasteiger partial charge in [-0.25, -0.2) is 8.42 Å². The molecule has 28 heavy (non-hydrogen) atoms. The predicted octanol–water partition coefficient (Wildman–Crippen LogP) is 3.84. The molecule has 2 aromatic rings. The molecule has 10 heteroatoms. The molecule has 0 saturated carbocycles. The van der Waals surface area contributed by atoms with E-state index >= 15 is 0 Å². The third kappa shape index (κ3) is 5.57. The van der Waals surface area contributed by atoms with Crippen LogP contribution in [0.3, 0.4) is 0 Å². The molecular formula is C18H21ClF3N3O2S. The number of hydrogen-bond acceptors (Lipinski definition) is 4. The number of rotatable bonds is 7. The van der Waals surface area contributed by atoms with Gasteiger partial charge in [0.15, 0.2) is 0 Å². The maximum atomic E-state index is 12.6. The Morgan fingerprint density at radius 2 is 1.86 bits per heavy atom. The Kier molecular flexibility index (Phi) is 5.86. The minimum Gasteiger partial charge on any atom is -0.353 e. The summed E-state index contributed by atoms with van der Waals surface area (Å²) in [6, 6.07) is 7.41. The van der Waals surface area contributed by atoms with E-state index in [1.54, 1.807) is 17.2 Å². The molecule has 1 aromatic heterocycles. The Bertz CT molecular complexity index is 986. The molecule has 0 spiro atoms. The van der Waals surface area contributed by atoms with Gasteiger partial charge < -0.3 is 14.4 Å². The van der Waals surface area contributed by atoms with Crippen molar-refractivity contribution in [1.82, 2.24) is 14.4 Å². The van der Waals surface area contributed by atoms with Crippen LogP contribution >= 0.6 is 11.6 Å². The summed E-state index contributed by atoms with van der Waals surface area (Å²) < 4.78 is 62.6. The highest BCUT2D eigenvalue weighted by Gasteiger charge is 2.31. The Hall–Kier alpha value is -1.87. The summed E-state index contributed by atoms with van der Waals surface area (Å²) >= 11 is 6.07. The molecule has 154 valence electrons. The van der Waals surface area contributed by atoms with E-state index in [9.17, 15) is 21.6 Å². The van der Waals surface area contributed by atoms with E-state index in [1.165, 1.54) is 17.4 Å². The van der Waals surface area contributed by atoms with Gasteiger partial charge in [0.25, 0.3) is 0 Å². The maximum absolute atomic E-state index is 12.6. The highest BCUT2D eigenvalue weighted by Crippen LogP contribution is 2.26. The number of hydrogen-bond donors (Lipinski definition) is 0. The average Bonchev–Trinajstić information content (AvgIpc) is 3.09. The number of aryl methyl sites for hydroxylation is 1. The van der Waals surface area contributed by atoms with Crippen LogP contribution in [0.1, 0.15) is 12.1 Å². The fourth-order valence-electron chi connectivity index (χ4n) is 3.34. The number of alkyl halides is 3. The second kappa shape index (κ2) is 7.87. The Labute approximate surface area is 166 Å². The smallest absolute Gasteiger partial charge is 0.353 e. The van der Waals surface area contributed by atoms with Gasteiger partial charge in [-0.2, -0.15) is 13.2 Å². The molecule has 0 bridgehead atoms. The summed E-state index contributed by atoms with van der Waals surface area (Å²) in [4.78, 5) is 2.99. The van der Waals surface area contributed by atoms with E-state index in [1.807, 2.05) is 22.8 Å². The van der Waals surface area contributed by atoms with Gasteiger partial charge in [-0.1, -0.05) is 11.6 Å². The second-order valence-corrected chi connectivity index (χ2v) is 9.72.